The molecule has 1 aliphatic heterocycles. The average Bonchev–Trinajstić information content (AvgIpc) is 2.69. The van der Waals surface area contributed by atoms with Gasteiger partial charge in [0.1, 0.15) is 0 Å². The molecule has 1 saturated carbocycles. The SMILES string of the molecule is COCC1(N[C@H]2CCCNC2)CCCC1. The fraction of sp³-hybridized carbons (Fsp3) is 1.00. The first-order chi connectivity index (χ1) is 7.35. The Morgan fingerprint density at radius 3 is 2.73 bits per heavy atom. The van der Waals surface area contributed by atoms with Crippen LogP contribution in [0.15, 0.2) is 0 Å². The van der Waals surface area contributed by atoms with Crippen molar-refractivity contribution in [1.82, 2.24) is 10.6 Å². The minimum absolute atomic E-state index is 0.290. The summed E-state index contributed by atoms with van der Waals surface area (Å²) in [4.78, 5) is 0. The Hall–Kier alpha value is -0.120. The fourth-order valence-electron chi connectivity index (χ4n) is 3.07. The normalized spacial score (nSPS) is 30.6. The van der Waals surface area contributed by atoms with Crippen LogP contribution in [0.4, 0.5) is 0 Å². The molecular weight excluding hydrogens is 188 g/mol. The molecule has 0 unspecified atom stereocenters. The van der Waals surface area contributed by atoms with Gasteiger partial charge in [0.15, 0.2) is 0 Å². The van der Waals surface area contributed by atoms with Crippen LogP contribution in [0.3, 0.4) is 0 Å². The summed E-state index contributed by atoms with van der Waals surface area (Å²) >= 11 is 0. The van der Waals surface area contributed by atoms with Crippen LogP contribution >= 0.6 is 0 Å². The Labute approximate surface area is 93.0 Å². The molecule has 0 aromatic rings. The van der Waals surface area contributed by atoms with Crippen molar-refractivity contribution in [3.05, 3.63) is 0 Å². The van der Waals surface area contributed by atoms with Crippen molar-refractivity contribution in [2.24, 2.45) is 0 Å². The summed E-state index contributed by atoms with van der Waals surface area (Å²) in [6, 6.07) is 0.659. The summed E-state index contributed by atoms with van der Waals surface area (Å²) < 4.78 is 5.39. The third-order valence-corrected chi connectivity index (χ3v) is 3.79. The number of rotatable bonds is 4. The van der Waals surface area contributed by atoms with E-state index >= 15 is 0 Å². The van der Waals surface area contributed by atoms with Gasteiger partial charge in [0.05, 0.1) is 6.61 Å². The van der Waals surface area contributed by atoms with Crippen LogP contribution in [-0.2, 0) is 4.74 Å². The first-order valence-corrected chi connectivity index (χ1v) is 6.32. The predicted molar refractivity (Wildman–Crippen MR) is 62.1 cm³/mol. The van der Waals surface area contributed by atoms with Gasteiger partial charge in [-0.3, -0.25) is 0 Å². The van der Waals surface area contributed by atoms with Crippen LogP contribution in [0.25, 0.3) is 0 Å². The maximum atomic E-state index is 5.39. The lowest BCUT2D eigenvalue weighted by Gasteiger charge is -2.36. The molecule has 0 amide bonds. The van der Waals surface area contributed by atoms with Crippen LogP contribution in [-0.4, -0.2) is 38.4 Å². The highest BCUT2D eigenvalue weighted by Gasteiger charge is 2.35. The molecule has 1 heterocycles. The number of nitrogens with one attached hydrogen (secondary N) is 2. The maximum absolute atomic E-state index is 5.39. The van der Waals surface area contributed by atoms with Crippen LogP contribution in [0.1, 0.15) is 38.5 Å². The Morgan fingerprint density at radius 2 is 2.13 bits per heavy atom. The van der Waals surface area contributed by atoms with Gasteiger partial charge in [-0.25, -0.2) is 0 Å². The van der Waals surface area contributed by atoms with Crippen molar-refractivity contribution < 1.29 is 4.74 Å². The van der Waals surface area contributed by atoms with E-state index in [1.54, 1.807) is 0 Å². The van der Waals surface area contributed by atoms with Crippen molar-refractivity contribution in [1.29, 1.82) is 0 Å². The molecule has 0 aromatic carbocycles. The van der Waals surface area contributed by atoms with Gasteiger partial charge >= 0.3 is 0 Å². The van der Waals surface area contributed by atoms with Crippen molar-refractivity contribution in [3.8, 4) is 0 Å². The minimum Gasteiger partial charge on any atom is -0.383 e. The van der Waals surface area contributed by atoms with E-state index in [2.05, 4.69) is 10.6 Å². The number of piperidine rings is 1. The van der Waals surface area contributed by atoms with Crippen LogP contribution in [0, 0.1) is 0 Å². The van der Waals surface area contributed by atoms with Crippen molar-refractivity contribution >= 4 is 0 Å². The number of methoxy groups -OCH3 is 1. The lowest BCUT2D eigenvalue weighted by molar-refractivity contribution is 0.0994. The summed E-state index contributed by atoms with van der Waals surface area (Å²) in [5.74, 6) is 0. The van der Waals surface area contributed by atoms with Gasteiger partial charge in [-0.1, -0.05) is 12.8 Å². The van der Waals surface area contributed by atoms with E-state index in [9.17, 15) is 0 Å². The lowest BCUT2D eigenvalue weighted by atomic mass is 9.95. The topological polar surface area (TPSA) is 33.3 Å². The van der Waals surface area contributed by atoms with Crippen molar-refractivity contribution in [2.45, 2.75) is 50.1 Å². The van der Waals surface area contributed by atoms with Gasteiger partial charge in [-0.05, 0) is 32.2 Å². The molecular formula is C12H24N2O. The second-order valence-electron chi connectivity index (χ2n) is 5.11. The molecule has 0 bridgehead atoms. The zero-order valence-electron chi connectivity index (χ0n) is 9.85. The summed E-state index contributed by atoms with van der Waals surface area (Å²) in [7, 11) is 1.82. The highest BCUT2D eigenvalue weighted by atomic mass is 16.5. The maximum Gasteiger partial charge on any atom is 0.0644 e. The van der Waals surface area contributed by atoms with Gasteiger partial charge in [0, 0.05) is 25.2 Å². The zero-order valence-corrected chi connectivity index (χ0v) is 9.85. The Bertz CT molecular complexity index is 184. The van der Waals surface area contributed by atoms with Crippen molar-refractivity contribution in [2.75, 3.05) is 26.8 Å². The monoisotopic (exact) mass is 212 g/mol. The zero-order chi connectivity index (χ0) is 10.6. The minimum atomic E-state index is 0.290. The van der Waals surface area contributed by atoms with Gasteiger partial charge in [0.2, 0.25) is 0 Å². The summed E-state index contributed by atoms with van der Waals surface area (Å²) in [5.41, 5.74) is 0.290. The highest BCUT2D eigenvalue weighted by molar-refractivity contribution is 4.95. The molecule has 3 heteroatoms. The first kappa shape index (κ1) is 11.4. The molecule has 0 spiro atoms. The number of ether oxygens (including phenoxy) is 1. The molecule has 0 aromatic heterocycles. The van der Waals surface area contributed by atoms with E-state index < -0.39 is 0 Å². The van der Waals surface area contributed by atoms with Gasteiger partial charge in [-0.15, -0.1) is 0 Å². The molecule has 88 valence electrons. The first-order valence-electron chi connectivity index (χ1n) is 6.32. The van der Waals surface area contributed by atoms with E-state index in [0.717, 1.165) is 13.2 Å². The van der Waals surface area contributed by atoms with E-state index in [0.29, 0.717) is 11.6 Å². The Morgan fingerprint density at radius 1 is 1.33 bits per heavy atom. The van der Waals surface area contributed by atoms with Crippen LogP contribution in [0.5, 0.6) is 0 Å². The van der Waals surface area contributed by atoms with E-state index in [4.69, 9.17) is 4.74 Å². The molecule has 1 saturated heterocycles. The van der Waals surface area contributed by atoms with Gasteiger partial charge < -0.3 is 15.4 Å². The number of hydrogen-bond donors (Lipinski definition) is 2. The molecule has 2 fully saturated rings. The van der Waals surface area contributed by atoms with E-state index in [1.165, 1.54) is 45.1 Å². The van der Waals surface area contributed by atoms with E-state index in [-0.39, 0.29) is 0 Å². The predicted octanol–water partition coefficient (Wildman–Crippen LogP) is 1.29. The van der Waals surface area contributed by atoms with Crippen LogP contribution in [0.2, 0.25) is 0 Å². The second kappa shape index (κ2) is 5.28. The van der Waals surface area contributed by atoms with E-state index in [1.807, 2.05) is 7.11 Å². The summed E-state index contributed by atoms with van der Waals surface area (Å²) in [6.07, 6.45) is 7.92. The molecule has 1 aliphatic carbocycles. The van der Waals surface area contributed by atoms with Crippen molar-refractivity contribution in [3.63, 3.8) is 0 Å². The third-order valence-electron chi connectivity index (χ3n) is 3.79. The summed E-state index contributed by atoms with van der Waals surface area (Å²) in [5, 5.41) is 7.31. The van der Waals surface area contributed by atoms with Gasteiger partial charge in [-0.2, -0.15) is 0 Å². The summed E-state index contributed by atoms with van der Waals surface area (Å²) in [6.45, 7) is 3.20. The molecule has 2 aliphatic rings. The largest absolute Gasteiger partial charge is 0.383 e. The van der Waals surface area contributed by atoms with Gasteiger partial charge in [0.25, 0.3) is 0 Å². The Kier molecular flexibility index (Phi) is 4.00. The third kappa shape index (κ3) is 2.92. The lowest BCUT2D eigenvalue weighted by Crippen LogP contribution is -2.55. The quantitative estimate of drug-likeness (QED) is 0.736. The highest BCUT2D eigenvalue weighted by Crippen LogP contribution is 2.30. The van der Waals surface area contributed by atoms with Crippen LogP contribution < -0.4 is 10.6 Å². The molecule has 1 atom stereocenters. The molecule has 0 radical (unpaired) electrons. The Balaban J connectivity index is 1.87. The fourth-order valence-corrected chi connectivity index (χ4v) is 3.07. The smallest absolute Gasteiger partial charge is 0.0644 e. The molecule has 2 rings (SSSR count). The molecule has 2 N–H and O–H groups in total. The standard InChI is InChI=1S/C12H24N2O/c1-15-10-12(6-2-3-7-12)14-11-5-4-8-13-9-11/h11,13-14H,2-10H2,1H3/t11-/m0/s1. The average molecular weight is 212 g/mol. The second-order valence-corrected chi connectivity index (χ2v) is 5.11. The molecule has 15 heavy (non-hydrogen) atoms. The molecule has 3 nitrogen and oxygen atoms in total. The number of hydrogen-bond acceptors (Lipinski definition) is 3.